The maximum Gasteiger partial charge on any atom is 0.248 e. The molecule has 1 amide bonds. The average Bonchev–Trinajstić information content (AvgIpc) is 2.60. The Kier molecular flexibility index (Phi) is 8.97. The van der Waals surface area contributed by atoms with Crippen LogP contribution in [0.25, 0.3) is 0 Å². The molecule has 0 bridgehead atoms. The first kappa shape index (κ1) is 21.8. The van der Waals surface area contributed by atoms with Crippen molar-refractivity contribution in [2.24, 2.45) is 10.7 Å². The SMILES string of the molecule is CCNC(=NCc1ccc(C(N)=O)cc1)NCc1cc(F)ccc1F.I. The Bertz CT molecular complexity index is 766. The number of primary amides is 1. The molecule has 0 saturated carbocycles. The summed E-state index contributed by atoms with van der Waals surface area (Å²) in [7, 11) is 0. The smallest absolute Gasteiger partial charge is 0.248 e. The summed E-state index contributed by atoms with van der Waals surface area (Å²) in [6.45, 7) is 3.00. The van der Waals surface area contributed by atoms with Crippen LogP contribution in [-0.4, -0.2) is 18.4 Å². The number of nitrogens with zero attached hydrogens (tertiary/aromatic N) is 1. The minimum absolute atomic E-state index is 0. The Hall–Kier alpha value is -2.23. The van der Waals surface area contributed by atoms with E-state index in [1.54, 1.807) is 24.3 Å². The van der Waals surface area contributed by atoms with Crippen molar-refractivity contribution >= 4 is 35.8 Å². The van der Waals surface area contributed by atoms with E-state index in [1.807, 2.05) is 6.92 Å². The van der Waals surface area contributed by atoms with Gasteiger partial charge in [0.1, 0.15) is 11.6 Å². The molecular formula is C18H21F2IN4O. The first-order chi connectivity index (χ1) is 12.0. The maximum absolute atomic E-state index is 13.7. The standard InChI is InChI=1S/C18H20F2N4O.HI/c1-2-22-18(24-11-14-9-15(19)7-8-16(14)20)23-10-12-3-5-13(6-4-12)17(21)25;/h3-9H,2,10-11H2,1H3,(H2,21,25)(H2,22,23,24);1H. The maximum atomic E-state index is 13.7. The first-order valence-electron chi connectivity index (χ1n) is 7.84. The molecule has 2 aromatic rings. The van der Waals surface area contributed by atoms with Crippen LogP contribution < -0.4 is 16.4 Å². The minimum atomic E-state index is -0.491. The Morgan fingerprint density at radius 2 is 1.81 bits per heavy atom. The van der Waals surface area contributed by atoms with Gasteiger partial charge in [0.05, 0.1) is 6.54 Å². The van der Waals surface area contributed by atoms with Gasteiger partial charge in [0.25, 0.3) is 0 Å². The monoisotopic (exact) mass is 474 g/mol. The molecule has 0 fully saturated rings. The second-order valence-corrected chi connectivity index (χ2v) is 5.35. The van der Waals surface area contributed by atoms with Crippen molar-refractivity contribution in [2.75, 3.05) is 6.54 Å². The molecule has 2 aromatic carbocycles. The lowest BCUT2D eigenvalue weighted by Gasteiger charge is -2.12. The third-order valence-corrected chi connectivity index (χ3v) is 3.46. The van der Waals surface area contributed by atoms with Gasteiger partial charge in [0, 0.05) is 24.2 Å². The van der Waals surface area contributed by atoms with Crippen molar-refractivity contribution in [1.82, 2.24) is 10.6 Å². The van der Waals surface area contributed by atoms with Gasteiger partial charge >= 0.3 is 0 Å². The average molecular weight is 474 g/mol. The van der Waals surface area contributed by atoms with E-state index >= 15 is 0 Å². The summed E-state index contributed by atoms with van der Waals surface area (Å²) in [6, 6.07) is 10.1. The number of carbonyl (C=O) groups excluding carboxylic acids is 1. The molecule has 0 spiro atoms. The lowest BCUT2D eigenvalue weighted by atomic mass is 10.1. The zero-order valence-electron chi connectivity index (χ0n) is 14.3. The summed E-state index contributed by atoms with van der Waals surface area (Å²) in [5.41, 5.74) is 6.74. The molecule has 140 valence electrons. The first-order valence-corrected chi connectivity index (χ1v) is 7.84. The molecule has 4 N–H and O–H groups in total. The number of nitrogens with one attached hydrogen (secondary N) is 2. The molecule has 0 aliphatic carbocycles. The Morgan fingerprint density at radius 1 is 1.12 bits per heavy atom. The van der Waals surface area contributed by atoms with E-state index in [0.717, 1.165) is 23.8 Å². The summed E-state index contributed by atoms with van der Waals surface area (Å²) >= 11 is 0. The molecule has 0 aliphatic heterocycles. The fourth-order valence-corrected chi connectivity index (χ4v) is 2.14. The van der Waals surface area contributed by atoms with E-state index in [4.69, 9.17) is 5.73 Å². The Labute approximate surface area is 168 Å². The molecule has 26 heavy (non-hydrogen) atoms. The normalized spacial score (nSPS) is 10.8. The zero-order valence-corrected chi connectivity index (χ0v) is 16.6. The molecule has 0 atom stereocenters. The van der Waals surface area contributed by atoms with E-state index in [2.05, 4.69) is 15.6 Å². The highest BCUT2D eigenvalue weighted by Gasteiger charge is 2.05. The second kappa shape index (κ2) is 10.7. The molecule has 0 heterocycles. The lowest BCUT2D eigenvalue weighted by molar-refractivity contribution is 0.100. The van der Waals surface area contributed by atoms with Crippen LogP contribution in [-0.2, 0) is 13.1 Å². The summed E-state index contributed by atoms with van der Waals surface area (Å²) in [5.74, 6) is -0.978. The number of rotatable bonds is 6. The van der Waals surface area contributed by atoms with Crippen LogP contribution in [0.3, 0.4) is 0 Å². The summed E-state index contributed by atoms with van der Waals surface area (Å²) in [4.78, 5) is 15.4. The zero-order chi connectivity index (χ0) is 18.2. The number of benzene rings is 2. The van der Waals surface area contributed by atoms with Gasteiger partial charge in [-0.05, 0) is 42.8 Å². The Morgan fingerprint density at radius 3 is 2.42 bits per heavy atom. The predicted octanol–water partition coefficient (Wildman–Crippen LogP) is 2.94. The number of halogens is 3. The van der Waals surface area contributed by atoms with Crippen molar-refractivity contribution < 1.29 is 13.6 Å². The number of hydrogen-bond acceptors (Lipinski definition) is 2. The number of amides is 1. The Balaban J connectivity index is 0.00000338. The number of aliphatic imine (C=N–C) groups is 1. The fourth-order valence-electron chi connectivity index (χ4n) is 2.14. The highest BCUT2D eigenvalue weighted by atomic mass is 127. The predicted molar refractivity (Wildman–Crippen MR) is 108 cm³/mol. The molecule has 0 aromatic heterocycles. The van der Waals surface area contributed by atoms with Crippen LogP contribution in [0.4, 0.5) is 8.78 Å². The molecule has 5 nitrogen and oxygen atoms in total. The summed E-state index contributed by atoms with van der Waals surface area (Å²) in [5, 5.41) is 6.00. The third-order valence-electron chi connectivity index (χ3n) is 3.46. The summed E-state index contributed by atoms with van der Waals surface area (Å²) in [6.07, 6.45) is 0. The van der Waals surface area contributed by atoms with Gasteiger partial charge in [-0.1, -0.05) is 12.1 Å². The highest BCUT2D eigenvalue weighted by Crippen LogP contribution is 2.09. The van der Waals surface area contributed by atoms with Crippen LogP contribution in [0.5, 0.6) is 0 Å². The molecular weight excluding hydrogens is 453 g/mol. The van der Waals surface area contributed by atoms with Gasteiger partial charge in [-0.3, -0.25) is 4.79 Å². The number of carbonyl (C=O) groups is 1. The van der Waals surface area contributed by atoms with E-state index in [0.29, 0.717) is 24.6 Å². The van der Waals surface area contributed by atoms with E-state index in [9.17, 15) is 13.6 Å². The third kappa shape index (κ3) is 6.58. The molecule has 0 aliphatic rings. The largest absolute Gasteiger partial charge is 0.366 e. The van der Waals surface area contributed by atoms with E-state index in [1.165, 1.54) is 0 Å². The number of nitrogens with two attached hydrogens (primary N) is 1. The van der Waals surface area contributed by atoms with Gasteiger partial charge in [-0.2, -0.15) is 0 Å². The molecule has 0 radical (unpaired) electrons. The van der Waals surface area contributed by atoms with Crippen molar-refractivity contribution in [2.45, 2.75) is 20.0 Å². The molecule has 0 saturated heterocycles. The van der Waals surface area contributed by atoms with Crippen molar-refractivity contribution in [3.8, 4) is 0 Å². The second-order valence-electron chi connectivity index (χ2n) is 5.35. The molecule has 8 heteroatoms. The van der Waals surface area contributed by atoms with Crippen LogP contribution in [0.15, 0.2) is 47.5 Å². The fraction of sp³-hybridized carbons (Fsp3) is 0.222. The van der Waals surface area contributed by atoms with Gasteiger partial charge in [-0.15, -0.1) is 24.0 Å². The van der Waals surface area contributed by atoms with Crippen LogP contribution in [0.2, 0.25) is 0 Å². The lowest BCUT2D eigenvalue weighted by Crippen LogP contribution is -2.37. The van der Waals surface area contributed by atoms with Crippen LogP contribution >= 0.6 is 24.0 Å². The van der Waals surface area contributed by atoms with Gasteiger partial charge in [-0.25, -0.2) is 13.8 Å². The van der Waals surface area contributed by atoms with Gasteiger partial charge in [0.2, 0.25) is 5.91 Å². The van der Waals surface area contributed by atoms with E-state index in [-0.39, 0.29) is 36.1 Å². The summed E-state index contributed by atoms with van der Waals surface area (Å²) < 4.78 is 26.9. The van der Waals surface area contributed by atoms with Gasteiger partial charge in [0.15, 0.2) is 5.96 Å². The van der Waals surface area contributed by atoms with Crippen molar-refractivity contribution in [1.29, 1.82) is 0 Å². The van der Waals surface area contributed by atoms with Crippen molar-refractivity contribution in [3.63, 3.8) is 0 Å². The minimum Gasteiger partial charge on any atom is -0.366 e. The van der Waals surface area contributed by atoms with Gasteiger partial charge < -0.3 is 16.4 Å². The topological polar surface area (TPSA) is 79.5 Å². The van der Waals surface area contributed by atoms with Crippen molar-refractivity contribution in [3.05, 3.63) is 70.8 Å². The van der Waals surface area contributed by atoms with Crippen LogP contribution in [0, 0.1) is 11.6 Å². The highest BCUT2D eigenvalue weighted by molar-refractivity contribution is 14.0. The van der Waals surface area contributed by atoms with Crippen LogP contribution in [0.1, 0.15) is 28.4 Å². The molecule has 2 rings (SSSR count). The quantitative estimate of drug-likeness (QED) is 0.342. The molecule has 0 unspecified atom stereocenters. The number of hydrogen-bond donors (Lipinski definition) is 3. The van der Waals surface area contributed by atoms with E-state index < -0.39 is 17.5 Å². The number of guanidine groups is 1.